The lowest BCUT2D eigenvalue weighted by molar-refractivity contribution is 0.666. The molecule has 49 heavy (non-hydrogen) atoms. The number of benzene rings is 7. The van der Waals surface area contributed by atoms with Gasteiger partial charge in [0.1, 0.15) is 0 Å². The molecule has 10 aromatic rings. The van der Waals surface area contributed by atoms with Crippen LogP contribution in [0.3, 0.4) is 0 Å². The Hall–Kier alpha value is -5.84. The normalized spacial score (nSPS) is 13.7. The van der Waals surface area contributed by atoms with Gasteiger partial charge < -0.3 is 0 Å². The van der Waals surface area contributed by atoms with Gasteiger partial charge in [-0.05, 0) is 68.1 Å². The van der Waals surface area contributed by atoms with Crippen molar-refractivity contribution in [3.8, 4) is 28.3 Å². The Balaban J connectivity index is 1.32. The van der Waals surface area contributed by atoms with Crippen molar-refractivity contribution in [2.75, 3.05) is 0 Å². The van der Waals surface area contributed by atoms with Crippen LogP contribution in [0.25, 0.3) is 92.0 Å². The van der Waals surface area contributed by atoms with E-state index in [-0.39, 0.29) is 5.41 Å². The summed E-state index contributed by atoms with van der Waals surface area (Å²) in [6.07, 6.45) is 0. The van der Waals surface area contributed by atoms with E-state index in [4.69, 9.17) is 9.97 Å². The summed E-state index contributed by atoms with van der Waals surface area (Å²) in [5, 5.41) is 8.51. The van der Waals surface area contributed by atoms with E-state index in [2.05, 4.69) is 158 Å². The van der Waals surface area contributed by atoms with E-state index in [0.29, 0.717) is 5.95 Å². The molecule has 0 N–H and O–H groups in total. The highest BCUT2D eigenvalue weighted by molar-refractivity contribution is 7.26. The second-order valence-corrected chi connectivity index (χ2v) is 14.8. The molecule has 11 rings (SSSR count). The van der Waals surface area contributed by atoms with E-state index in [9.17, 15) is 0 Å². The van der Waals surface area contributed by atoms with E-state index in [1.807, 2.05) is 0 Å². The number of thiophene rings is 1. The molecular weight excluding hydrogens is 615 g/mol. The summed E-state index contributed by atoms with van der Waals surface area (Å²) in [6.45, 7) is 4.75. The number of nitrogens with zero attached hydrogens (tertiary/aromatic N) is 3. The third-order valence-corrected chi connectivity index (χ3v) is 11.9. The fraction of sp³-hybridized carbons (Fsp3) is 0.0667. The topological polar surface area (TPSA) is 30.7 Å². The summed E-state index contributed by atoms with van der Waals surface area (Å²) < 4.78 is 4.66. The lowest BCUT2D eigenvalue weighted by Gasteiger charge is -2.22. The van der Waals surface area contributed by atoms with E-state index >= 15 is 0 Å². The van der Waals surface area contributed by atoms with Crippen LogP contribution < -0.4 is 0 Å². The molecule has 0 amide bonds. The zero-order valence-electron chi connectivity index (χ0n) is 27.0. The molecule has 3 heterocycles. The summed E-state index contributed by atoms with van der Waals surface area (Å²) in [5.41, 5.74) is 10.6. The number of aromatic nitrogens is 3. The Kier molecular flexibility index (Phi) is 5.33. The van der Waals surface area contributed by atoms with Crippen molar-refractivity contribution < 1.29 is 0 Å². The van der Waals surface area contributed by atoms with Crippen molar-refractivity contribution in [2.45, 2.75) is 19.3 Å². The molecule has 0 spiro atoms. The molecule has 0 bridgehead atoms. The third-order valence-electron chi connectivity index (χ3n) is 10.8. The molecule has 0 saturated carbocycles. The van der Waals surface area contributed by atoms with Crippen LogP contribution in [0, 0.1) is 0 Å². The summed E-state index contributed by atoms with van der Waals surface area (Å²) >= 11 is 1.78. The Labute approximate surface area is 286 Å². The average Bonchev–Trinajstić information content (AvgIpc) is 3.75. The predicted molar refractivity (Wildman–Crippen MR) is 207 cm³/mol. The molecular formula is C45H29N3S. The molecule has 230 valence electrons. The molecule has 3 nitrogen and oxygen atoms in total. The Morgan fingerprint density at radius 2 is 1.24 bits per heavy atom. The van der Waals surface area contributed by atoms with Gasteiger partial charge in [-0.1, -0.05) is 129 Å². The third kappa shape index (κ3) is 3.61. The van der Waals surface area contributed by atoms with Crippen molar-refractivity contribution in [3.05, 3.63) is 151 Å². The van der Waals surface area contributed by atoms with Gasteiger partial charge in [0.25, 0.3) is 0 Å². The molecule has 0 atom stereocenters. The number of rotatable bonds is 2. The molecule has 0 aliphatic heterocycles. The monoisotopic (exact) mass is 643 g/mol. The van der Waals surface area contributed by atoms with Crippen LogP contribution in [-0.4, -0.2) is 14.5 Å². The molecule has 0 unspecified atom stereocenters. The first-order valence-corrected chi connectivity index (χ1v) is 17.7. The zero-order chi connectivity index (χ0) is 32.4. The van der Waals surface area contributed by atoms with Gasteiger partial charge in [0.05, 0.1) is 26.9 Å². The second-order valence-electron chi connectivity index (χ2n) is 13.8. The molecule has 0 saturated heterocycles. The lowest BCUT2D eigenvalue weighted by atomic mass is 9.80. The maximum atomic E-state index is 5.57. The zero-order valence-corrected chi connectivity index (χ0v) is 27.8. The highest BCUT2D eigenvalue weighted by Gasteiger charge is 2.38. The van der Waals surface area contributed by atoms with E-state index in [1.165, 1.54) is 59.3 Å². The minimum atomic E-state index is -0.168. The smallest absolute Gasteiger partial charge is 0.235 e. The molecule has 1 aliphatic rings. The maximum absolute atomic E-state index is 5.57. The minimum absolute atomic E-state index is 0.168. The Morgan fingerprint density at radius 3 is 2.12 bits per heavy atom. The summed E-state index contributed by atoms with van der Waals surface area (Å²) in [6, 6.07) is 50.7. The first-order chi connectivity index (χ1) is 24.1. The average molecular weight is 644 g/mol. The minimum Gasteiger partial charge on any atom is -0.278 e. The van der Waals surface area contributed by atoms with Gasteiger partial charge in [-0.25, -0.2) is 9.97 Å². The van der Waals surface area contributed by atoms with Gasteiger partial charge in [-0.15, -0.1) is 11.3 Å². The standard InChI is InChI=1S/C45H29N3S/c1-45(2)35-20-9-7-17-30(35)31-22-23-36-39(40(31)45)34-24-27-13-3-4-14-28(27)25-37(34)48(36)44-46-41(32-19-11-15-26-12-5-6-16-29(26)32)43-42(47-44)33-18-8-10-21-38(33)49-43/h3-25H,1-2H3. The molecule has 1 aliphatic carbocycles. The molecule has 0 fully saturated rings. The van der Waals surface area contributed by atoms with Crippen molar-refractivity contribution in [2.24, 2.45) is 0 Å². The number of hydrogen-bond donors (Lipinski definition) is 0. The second kappa shape index (κ2) is 9.62. The van der Waals surface area contributed by atoms with Crippen LogP contribution in [0.4, 0.5) is 0 Å². The van der Waals surface area contributed by atoms with Gasteiger partial charge in [0.15, 0.2) is 0 Å². The predicted octanol–water partition coefficient (Wildman–Crippen LogP) is 12.2. The van der Waals surface area contributed by atoms with Gasteiger partial charge in [-0.3, -0.25) is 4.57 Å². The Morgan fingerprint density at radius 1 is 0.551 bits per heavy atom. The van der Waals surface area contributed by atoms with E-state index in [0.717, 1.165) is 37.9 Å². The van der Waals surface area contributed by atoms with Crippen LogP contribution in [0.2, 0.25) is 0 Å². The fourth-order valence-corrected chi connectivity index (χ4v) is 9.72. The van der Waals surface area contributed by atoms with Gasteiger partial charge in [0, 0.05) is 31.8 Å². The first kappa shape index (κ1) is 27.1. The highest BCUT2D eigenvalue weighted by Crippen LogP contribution is 2.53. The van der Waals surface area contributed by atoms with Crippen LogP contribution >= 0.6 is 11.3 Å². The van der Waals surface area contributed by atoms with Crippen molar-refractivity contribution >= 4 is 75.0 Å². The lowest BCUT2D eigenvalue weighted by Crippen LogP contribution is -2.15. The SMILES string of the molecule is CC1(C)c2ccccc2-c2ccc3c(c21)c1cc2ccccc2cc1n3-c1nc(-c2cccc3ccccc23)c2sc3ccccc3c2n1. The highest BCUT2D eigenvalue weighted by atomic mass is 32.1. The summed E-state index contributed by atoms with van der Waals surface area (Å²) in [5.74, 6) is 0.697. The maximum Gasteiger partial charge on any atom is 0.235 e. The fourth-order valence-electron chi connectivity index (χ4n) is 8.57. The van der Waals surface area contributed by atoms with Crippen molar-refractivity contribution in [3.63, 3.8) is 0 Å². The van der Waals surface area contributed by atoms with Crippen LogP contribution in [-0.2, 0) is 5.41 Å². The van der Waals surface area contributed by atoms with E-state index < -0.39 is 0 Å². The van der Waals surface area contributed by atoms with Gasteiger partial charge in [-0.2, -0.15) is 0 Å². The van der Waals surface area contributed by atoms with E-state index in [1.54, 1.807) is 11.3 Å². The van der Waals surface area contributed by atoms with Crippen LogP contribution in [0.15, 0.2) is 140 Å². The number of hydrogen-bond acceptors (Lipinski definition) is 3. The molecule has 7 aromatic carbocycles. The van der Waals surface area contributed by atoms with Gasteiger partial charge >= 0.3 is 0 Å². The van der Waals surface area contributed by atoms with Gasteiger partial charge in [0.2, 0.25) is 5.95 Å². The first-order valence-electron chi connectivity index (χ1n) is 16.8. The van der Waals surface area contributed by atoms with Crippen LogP contribution in [0.5, 0.6) is 0 Å². The van der Waals surface area contributed by atoms with Crippen molar-refractivity contribution in [1.82, 2.24) is 14.5 Å². The van der Waals surface area contributed by atoms with Crippen LogP contribution in [0.1, 0.15) is 25.0 Å². The largest absolute Gasteiger partial charge is 0.278 e. The molecule has 3 aromatic heterocycles. The summed E-state index contributed by atoms with van der Waals surface area (Å²) in [7, 11) is 0. The summed E-state index contributed by atoms with van der Waals surface area (Å²) in [4.78, 5) is 11.1. The molecule has 0 radical (unpaired) electrons. The molecule has 4 heteroatoms. The Bertz CT molecular complexity index is 3030. The number of fused-ring (bicyclic) bond motifs is 12. The van der Waals surface area contributed by atoms with Crippen molar-refractivity contribution in [1.29, 1.82) is 0 Å². The quantitative estimate of drug-likeness (QED) is 0.188.